The Morgan fingerprint density at radius 3 is 2.24 bits per heavy atom. The molecule has 2 heterocycles. The third kappa shape index (κ3) is 2.69. The Morgan fingerprint density at radius 1 is 0.905 bits per heavy atom. The first kappa shape index (κ1) is 14.9. The van der Waals surface area contributed by atoms with E-state index in [9.17, 15) is 9.59 Å². The van der Waals surface area contributed by atoms with Crippen molar-refractivity contribution in [2.45, 2.75) is 89.3 Å². The maximum absolute atomic E-state index is 13.0. The van der Waals surface area contributed by atoms with Crippen LogP contribution >= 0.6 is 0 Å². The summed E-state index contributed by atoms with van der Waals surface area (Å²) in [7, 11) is 0. The zero-order valence-electron chi connectivity index (χ0n) is 13.2. The Balaban J connectivity index is 1.82. The molecule has 4 nitrogen and oxygen atoms in total. The molecule has 0 aromatic rings. The number of hydrogen-bond donors (Lipinski definition) is 0. The minimum Gasteiger partial charge on any atom is -0.329 e. The van der Waals surface area contributed by atoms with E-state index in [1.165, 1.54) is 32.1 Å². The van der Waals surface area contributed by atoms with Gasteiger partial charge in [0.15, 0.2) is 0 Å². The molecular weight excluding hydrogens is 264 g/mol. The van der Waals surface area contributed by atoms with Crippen molar-refractivity contribution in [3.63, 3.8) is 0 Å². The maximum Gasteiger partial charge on any atom is 0.246 e. The molecule has 1 aliphatic carbocycles. The highest BCUT2D eigenvalue weighted by atomic mass is 16.2. The summed E-state index contributed by atoms with van der Waals surface area (Å²) in [4.78, 5) is 29.5. The van der Waals surface area contributed by atoms with E-state index in [-0.39, 0.29) is 23.9 Å². The first-order valence-corrected chi connectivity index (χ1v) is 8.86. The number of carbonyl (C=O) groups is 2. The lowest BCUT2D eigenvalue weighted by Gasteiger charge is -2.46. The monoisotopic (exact) mass is 292 g/mol. The highest BCUT2D eigenvalue weighted by Gasteiger charge is 2.48. The molecule has 0 spiro atoms. The number of nitrogens with zero attached hydrogens (tertiary/aromatic N) is 2. The van der Waals surface area contributed by atoms with Crippen molar-refractivity contribution in [3.05, 3.63) is 0 Å². The number of hydrogen-bond acceptors (Lipinski definition) is 2. The SMILES string of the molecule is CCC1C(=O)N2CCCC2C(=O)N1C1CCCCCCC1. The molecule has 2 atom stereocenters. The first-order chi connectivity index (χ1) is 10.2. The molecule has 21 heavy (non-hydrogen) atoms. The van der Waals surface area contributed by atoms with Crippen LogP contribution in [-0.2, 0) is 9.59 Å². The molecule has 3 aliphatic rings. The van der Waals surface area contributed by atoms with Gasteiger partial charge < -0.3 is 9.80 Å². The fraction of sp³-hybridized carbons (Fsp3) is 0.882. The summed E-state index contributed by atoms with van der Waals surface area (Å²) in [5.41, 5.74) is 0. The molecule has 2 aliphatic heterocycles. The second-order valence-electron chi connectivity index (χ2n) is 6.86. The van der Waals surface area contributed by atoms with Crippen molar-refractivity contribution in [3.8, 4) is 0 Å². The standard InChI is InChI=1S/C17H28N2O2/c1-2-14-16(20)18-12-8-11-15(18)17(21)19(14)13-9-6-4-3-5-7-10-13/h13-15H,2-12H2,1H3. The first-order valence-electron chi connectivity index (χ1n) is 8.86. The van der Waals surface area contributed by atoms with Crippen LogP contribution in [0.25, 0.3) is 0 Å². The lowest BCUT2D eigenvalue weighted by atomic mass is 9.92. The lowest BCUT2D eigenvalue weighted by molar-refractivity contribution is -0.162. The normalized spacial score (nSPS) is 32.0. The fourth-order valence-electron chi connectivity index (χ4n) is 4.44. The number of amides is 2. The minimum atomic E-state index is -0.198. The van der Waals surface area contributed by atoms with Crippen LogP contribution in [0, 0.1) is 0 Å². The van der Waals surface area contributed by atoms with E-state index in [1.807, 2.05) is 16.7 Å². The van der Waals surface area contributed by atoms with Gasteiger partial charge in [-0.2, -0.15) is 0 Å². The van der Waals surface area contributed by atoms with Gasteiger partial charge in [0, 0.05) is 12.6 Å². The van der Waals surface area contributed by atoms with Crippen molar-refractivity contribution in [2.24, 2.45) is 0 Å². The van der Waals surface area contributed by atoms with Crippen LogP contribution < -0.4 is 0 Å². The fourth-order valence-corrected chi connectivity index (χ4v) is 4.44. The maximum atomic E-state index is 13.0. The number of rotatable bonds is 2. The summed E-state index contributed by atoms with van der Waals surface area (Å²) in [5, 5.41) is 0. The van der Waals surface area contributed by atoms with Crippen LogP contribution in [0.1, 0.15) is 71.1 Å². The van der Waals surface area contributed by atoms with E-state index >= 15 is 0 Å². The summed E-state index contributed by atoms with van der Waals surface area (Å²) in [5.74, 6) is 0.450. The molecule has 118 valence electrons. The summed E-state index contributed by atoms with van der Waals surface area (Å²) in [6.07, 6.45) is 11.1. The highest BCUT2D eigenvalue weighted by Crippen LogP contribution is 2.32. The van der Waals surface area contributed by atoms with Crippen molar-refractivity contribution in [1.29, 1.82) is 0 Å². The van der Waals surface area contributed by atoms with Crippen molar-refractivity contribution in [2.75, 3.05) is 6.54 Å². The van der Waals surface area contributed by atoms with Gasteiger partial charge >= 0.3 is 0 Å². The summed E-state index contributed by atoms with van der Waals surface area (Å²) in [6, 6.07) is -0.0449. The second kappa shape index (κ2) is 6.37. The van der Waals surface area contributed by atoms with E-state index in [0.717, 1.165) is 38.6 Å². The Kier molecular flexibility index (Phi) is 4.51. The highest BCUT2D eigenvalue weighted by molar-refractivity contribution is 5.97. The number of piperazine rings is 1. The van der Waals surface area contributed by atoms with Gasteiger partial charge in [0.2, 0.25) is 11.8 Å². The molecule has 3 fully saturated rings. The van der Waals surface area contributed by atoms with E-state index in [2.05, 4.69) is 0 Å². The Morgan fingerprint density at radius 2 is 1.57 bits per heavy atom. The molecule has 4 heteroatoms. The Bertz CT molecular complexity index is 402. The predicted molar refractivity (Wildman–Crippen MR) is 81.8 cm³/mol. The molecule has 3 rings (SSSR count). The average molecular weight is 292 g/mol. The van der Waals surface area contributed by atoms with Crippen LogP contribution in [-0.4, -0.2) is 46.3 Å². The van der Waals surface area contributed by atoms with Gasteiger partial charge in [0.05, 0.1) is 0 Å². The topological polar surface area (TPSA) is 40.6 Å². The molecule has 2 unspecified atom stereocenters. The molecule has 2 saturated heterocycles. The molecule has 0 aromatic carbocycles. The molecule has 0 bridgehead atoms. The molecule has 0 aromatic heterocycles. The zero-order chi connectivity index (χ0) is 14.8. The summed E-state index contributed by atoms with van der Waals surface area (Å²) in [6.45, 7) is 2.83. The van der Waals surface area contributed by atoms with E-state index in [0.29, 0.717) is 6.04 Å². The van der Waals surface area contributed by atoms with Crippen LogP contribution in [0.3, 0.4) is 0 Å². The second-order valence-corrected chi connectivity index (χ2v) is 6.86. The van der Waals surface area contributed by atoms with Gasteiger partial charge in [-0.3, -0.25) is 9.59 Å². The van der Waals surface area contributed by atoms with Gasteiger partial charge in [-0.05, 0) is 32.1 Å². The van der Waals surface area contributed by atoms with E-state index in [4.69, 9.17) is 0 Å². The third-order valence-corrected chi connectivity index (χ3v) is 5.55. The minimum absolute atomic E-state index is 0.147. The van der Waals surface area contributed by atoms with Crippen molar-refractivity contribution in [1.82, 2.24) is 9.80 Å². The Hall–Kier alpha value is -1.06. The van der Waals surface area contributed by atoms with Crippen LogP contribution in [0.15, 0.2) is 0 Å². The van der Waals surface area contributed by atoms with Crippen molar-refractivity contribution < 1.29 is 9.59 Å². The number of fused-ring (bicyclic) bond motifs is 1. The molecule has 0 radical (unpaired) electrons. The molecule has 0 N–H and O–H groups in total. The lowest BCUT2D eigenvalue weighted by Crippen LogP contribution is -2.65. The van der Waals surface area contributed by atoms with Gasteiger partial charge in [-0.15, -0.1) is 0 Å². The van der Waals surface area contributed by atoms with Crippen molar-refractivity contribution >= 4 is 11.8 Å². The number of carbonyl (C=O) groups excluding carboxylic acids is 2. The largest absolute Gasteiger partial charge is 0.329 e. The van der Waals surface area contributed by atoms with Crippen LogP contribution in [0.4, 0.5) is 0 Å². The summed E-state index contributed by atoms with van der Waals surface area (Å²) >= 11 is 0. The molecular formula is C17H28N2O2. The molecule has 1 saturated carbocycles. The zero-order valence-corrected chi connectivity index (χ0v) is 13.2. The summed E-state index contributed by atoms with van der Waals surface area (Å²) < 4.78 is 0. The molecule has 2 amide bonds. The van der Waals surface area contributed by atoms with Crippen LogP contribution in [0.5, 0.6) is 0 Å². The van der Waals surface area contributed by atoms with Crippen LogP contribution in [0.2, 0.25) is 0 Å². The van der Waals surface area contributed by atoms with Gasteiger partial charge in [0.25, 0.3) is 0 Å². The van der Waals surface area contributed by atoms with E-state index < -0.39 is 0 Å². The van der Waals surface area contributed by atoms with Gasteiger partial charge in [-0.1, -0.05) is 39.0 Å². The van der Waals surface area contributed by atoms with Gasteiger partial charge in [0.1, 0.15) is 12.1 Å². The van der Waals surface area contributed by atoms with E-state index in [1.54, 1.807) is 0 Å². The predicted octanol–water partition coefficient (Wildman–Crippen LogP) is 2.71. The van der Waals surface area contributed by atoms with Gasteiger partial charge in [-0.25, -0.2) is 0 Å². The average Bonchev–Trinajstić information content (AvgIpc) is 2.93. The quantitative estimate of drug-likeness (QED) is 0.785. The Labute approximate surface area is 127 Å². The third-order valence-electron chi connectivity index (χ3n) is 5.55. The smallest absolute Gasteiger partial charge is 0.246 e.